The van der Waals surface area contributed by atoms with E-state index in [1.54, 1.807) is 24.5 Å². The van der Waals surface area contributed by atoms with Gasteiger partial charge in [0.25, 0.3) is 5.91 Å². The van der Waals surface area contributed by atoms with E-state index in [9.17, 15) is 4.79 Å². The van der Waals surface area contributed by atoms with Crippen molar-refractivity contribution in [3.63, 3.8) is 0 Å². The Morgan fingerprint density at radius 3 is 2.90 bits per heavy atom. The zero-order valence-corrected chi connectivity index (χ0v) is 19.0. The summed E-state index contributed by atoms with van der Waals surface area (Å²) in [4.78, 5) is 24.2. The van der Waals surface area contributed by atoms with Gasteiger partial charge in [0.1, 0.15) is 11.6 Å². The number of imidazole rings is 1. The Kier molecular flexibility index (Phi) is 6.86. The standard InChI is InChI=1S/C23H29N5O2S/c1-3-21-24-10-14-27(21)13-6-9-25-22(29)17-7-8-20(30-2)18(15-17)19-16-31-23(26-19)28-11-4-5-12-28/h7-8,10,14-16H,3-6,9,11-13H2,1-2H3,(H,25,29). The molecule has 0 aliphatic carbocycles. The minimum Gasteiger partial charge on any atom is -0.496 e. The van der Waals surface area contributed by atoms with E-state index in [1.165, 1.54) is 12.8 Å². The molecule has 1 aromatic carbocycles. The van der Waals surface area contributed by atoms with Gasteiger partial charge in [0, 0.05) is 61.5 Å². The molecule has 164 valence electrons. The van der Waals surface area contributed by atoms with E-state index in [0.717, 1.165) is 60.4 Å². The van der Waals surface area contributed by atoms with Crippen molar-refractivity contribution < 1.29 is 9.53 Å². The van der Waals surface area contributed by atoms with Gasteiger partial charge in [-0.1, -0.05) is 6.92 Å². The number of aromatic nitrogens is 3. The van der Waals surface area contributed by atoms with Gasteiger partial charge in [-0.2, -0.15) is 0 Å². The molecule has 0 bridgehead atoms. The van der Waals surface area contributed by atoms with Gasteiger partial charge in [-0.05, 0) is 37.5 Å². The van der Waals surface area contributed by atoms with Gasteiger partial charge in [0.15, 0.2) is 5.13 Å². The van der Waals surface area contributed by atoms with Gasteiger partial charge >= 0.3 is 0 Å². The number of carbonyl (C=O) groups excluding carboxylic acids is 1. The van der Waals surface area contributed by atoms with Crippen molar-refractivity contribution in [2.45, 2.75) is 39.2 Å². The number of carbonyl (C=O) groups is 1. The molecule has 1 amide bonds. The van der Waals surface area contributed by atoms with Gasteiger partial charge < -0.3 is 19.5 Å². The van der Waals surface area contributed by atoms with Crippen LogP contribution in [0.5, 0.6) is 5.75 Å². The fourth-order valence-electron chi connectivity index (χ4n) is 3.90. The van der Waals surface area contributed by atoms with Crippen LogP contribution in [0.25, 0.3) is 11.3 Å². The lowest BCUT2D eigenvalue weighted by molar-refractivity contribution is 0.0952. The maximum absolute atomic E-state index is 12.7. The number of aryl methyl sites for hydroxylation is 2. The summed E-state index contributed by atoms with van der Waals surface area (Å²) in [5, 5.41) is 6.11. The summed E-state index contributed by atoms with van der Waals surface area (Å²) in [6.45, 7) is 5.67. The fourth-order valence-corrected chi connectivity index (χ4v) is 4.78. The number of nitrogens with one attached hydrogen (secondary N) is 1. The molecule has 0 unspecified atom stereocenters. The Hall–Kier alpha value is -2.87. The molecule has 8 heteroatoms. The first-order valence-corrected chi connectivity index (χ1v) is 11.7. The highest BCUT2D eigenvalue weighted by Gasteiger charge is 2.18. The predicted molar refractivity (Wildman–Crippen MR) is 124 cm³/mol. The van der Waals surface area contributed by atoms with E-state index in [-0.39, 0.29) is 5.91 Å². The van der Waals surface area contributed by atoms with Crippen molar-refractivity contribution in [3.05, 3.63) is 47.4 Å². The molecule has 2 aromatic heterocycles. The highest BCUT2D eigenvalue weighted by atomic mass is 32.1. The normalized spacial score (nSPS) is 13.5. The Morgan fingerprint density at radius 1 is 1.29 bits per heavy atom. The van der Waals surface area contributed by atoms with E-state index in [4.69, 9.17) is 9.72 Å². The van der Waals surface area contributed by atoms with E-state index in [1.807, 2.05) is 29.9 Å². The molecule has 4 rings (SSSR count). The lowest BCUT2D eigenvalue weighted by Gasteiger charge is -2.13. The molecule has 3 aromatic rings. The van der Waals surface area contributed by atoms with E-state index in [2.05, 4.69) is 26.7 Å². The van der Waals surface area contributed by atoms with Gasteiger partial charge in [0.2, 0.25) is 0 Å². The average molecular weight is 440 g/mol. The zero-order valence-electron chi connectivity index (χ0n) is 18.1. The SMILES string of the molecule is CCc1nccn1CCCNC(=O)c1ccc(OC)c(-c2csc(N3CCCC3)n2)c1. The van der Waals surface area contributed by atoms with Crippen LogP contribution in [0.15, 0.2) is 36.0 Å². The first-order chi connectivity index (χ1) is 15.2. The van der Waals surface area contributed by atoms with E-state index >= 15 is 0 Å². The van der Waals surface area contributed by atoms with Crippen molar-refractivity contribution in [2.24, 2.45) is 0 Å². The smallest absolute Gasteiger partial charge is 0.251 e. The Balaban J connectivity index is 1.41. The minimum absolute atomic E-state index is 0.0831. The van der Waals surface area contributed by atoms with Crippen LogP contribution in [0.1, 0.15) is 42.4 Å². The minimum atomic E-state index is -0.0831. The number of benzene rings is 1. The van der Waals surface area contributed by atoms with Crippen LogP contribution in [0.4, 0.5) is 5.13 Å². The van der Waals surface area contributed by atoms with Crippen LogP contribution in [0.2, 0.25) is 0 Å². The van der Waals surface area contributed by atoms with Crippen LogP contribution >= 0.6 is 11.3 Å². The lowest BCUT2D eigenvalue weighted by Crippen LogP contribution is -2.25. The highest BCUT2D eigenvalue weighted by Crippen LogP contribution is 2.35. The number of methoxy groups -OCH3 is 1. The molecule has 1 fully saturated rings. The largest absolute Gasteiger partial charge is 0.496 e. The molecule has 31 heavy (non-hydrogen) atoms. The number of amides is 1. The molecule has 0 radical (unpaired) electrons. The summed E-state index contributed by atoms with van der Waals surface area (Å²) in [6.07, 6.45) is 8.00. The molecule has 3 heterocycles. The number of nitrogens with zero attached hydrogens (tertiary/aromatic N) is 4. The fraction of sp³-hybridized carbons (Fsp3) is 0.435. The summed E-state index contributed by atoms with van der Waals surface area (Å²) >= 11 is 1.64. The predicted octanol–water partition coefficient (Wildman–Crippen LogP) is 4.00. The zero-order chi connectivity index (χ0) is 21.6. The second-order valence-corrected chi connectivity index (χ2v) is 8.46. The number of ether oxygens (including phenoxy) is 1. The number of hydrogen-bond donors (Lipinski definition) is 1. The Labute approximate surface area is 187 Å². The van der Waals surface area contributed by atoms with E-state index in [0.29, 0.717) is 12.1 Å². The number of rotatable bonds is 9. The monoisotopic (exact) mass is 439 g/mol. The van der Waals surface area contributed by atoms with Crippen molar-refractivity contribution in [3.8, 4) is 17.0 Å². The molecule has 1 saturated heterocycles. The third-order valence-corrected chi connectivity index (χ3v) is 6.49. The molecule has 1 aliphatic rings. The molecular weight excluding hydrogens is 410 g/mol. The molecule has 0 atom stereocenters. The molecule has 0 spiro atoms. The highest BCUT2D eigenvalue weighted by molar-refractivity contribution is 7.14. The molecular formula is C23H29N5O2S. The van der Waals surface area contributed by atoms with Gasteiger partial charge in [-0.3, -0.25) is 4.79 Å². The average Bonchev–Trinajstić information content (AvgIpc) is 3.56. The number of hydrogen-bond acceptors (Lipinski definition) is 6. The summed E-state index contributed by atoms with van der Waals surface area (Å²) in [6, 6.07) is 5.52. The van der Waals surface area contributed by atoms with Gasteiger partial charge in [0.05, 0.1) is 12.8 Å². The van der Waals surface area contributed by atoms with Gasteiger partial charge in [-0.15, -0.1) is 11.3 Å². The Bertz CT molecular complexity index is 1020. The second-order valence-electron chi connectivity index (χ2n) is 7.62. The van der Waals surface area contributed by atoms with Crippen molar-refractivity contribution in [1.29, 1.82) is 0 Å². The maximum atomic E-state index is 12.7. The topological polar surface area (TPSA) is 72.3 Å². The molecule has 7 nitrogen and oxygen atoms in total. The van der Waals surface area contributed by atoms with Crippen molar-refractivity contribution >= 4 is 22.4 Å². The summed E-state index contributed by atoms with van der Waals surface area (Å²) in [7, 11) is 1.65. The summed E-state index contributed by atoms with van der Waals surface area (Å²) < 4.78 is 7.68. The van der Waals surface area contributed by atoms with E-state index < -0.39 is 0 Å². The quantitative estimate of drug-likeness (QED) is 0.510. The first-order valence-electron chi connectivity index (χ1n) is 10.9. The van der Waals surface area contributed by atoms with Gasteiger partial charge in [-0.25, -0.2) is 9.97 Å². The van der Waals surface area contributed by atoms with Crippen molar-refractivity contribution in [1.82, 2.24) is 19.9 Å². The molecule has 1 aliphatic heterocycles. The van der Waals surface area contributed by atoms with Crippen LogP contribution in [0, 0.1) is 0 Å². The third kappa shape index (κ3) is 4.90. The Morgan fingerprint density at radius 2 is 2.13 bits per heavy atom. The van der Waals surface area contributed by atoms with Crippen molar-refractivity contribution in [2.75, 3.05) is 31.6 Å². The van der Waals surface area contributed by atoms with Crippen LogP contribution in [-0.2, 0) is 13.0 Å². The van der Waals surface area contributed by atoms with Crippen LogP contribution < -0.4 is 15.0 Å². The lowest BCUT2D eigenvalue weighted by atomic mass is 10.1. The third-order valence-electron chi connectivity index (χ3n) is 5.59. The summed E-state index contributed by atoms with van der Waals surface area (Å²) in [5.41, 5.74) is 2.32. The van der Waals surface area contributed by atoms with Crippen LogP contribution in [-0.4, -0.2) is 47.2 Å². The molecule has 1 N–H and O–H groups in total. The molecule has 0 saturated carbocycles. The summed E-state index contributed by atoms with van der Waals surface area (Å²) in [5.74, 6) is 1.71. The number of anilines is 1. The van der Waals surface area contributed by atoms with Crippen LogP contribution in [0.3, 0.4) is 0 Å². The maximum Gasteiger partial charge on any atom is 0.251 e. The second kappa shape index (κ2) is 9.96. The number of thiazole rings is 1. The first kappa shape index (κ1) is 21.4.